The van der Waals surface area contributed by atoms with Crippen LogP contribution in [0.2, 0.25) is 0 Å². The van der Waals surface area contributed by atoms with Crippen molar-refractivity contribution in [2.75, 3.05) is 7.11 Å². The van der Waals surface area contributed by atoms with Gasteiger partial charge in [0.25, 0.3) is 0 Å². The van der Waals surface area contributed by atoms with Crippen molar-refractivity contribution in [1.82, 2.24) is 10.3 Å². The summed E-state index contributed by atoms with van der Waals surface area (Å²) in [5.41, 5.74) is 3.12. The predicted octanol–water partition coefficient (Wildman–Crippen LogP) is 5.45. The first-order valence-corrected chi connectivity index (χ1v) is 11.0. The van der Waals surface area contributed by atoms with Gasteiger partial charge in [0.2, 0.25) is 5.91 Å². The van der Waals surface area contributed by atoms with Gasteiger partial charge in [0.15, 0.2) is 0 Å². The second-order valence-corrected chi connectivity index (χ2v) is 8.87. The van der Waals surface area contributed by atoms with E-state index in [1.165, 1.54) is 24.6 Å². The Morgan fingerprint density at radius 2 is 1.90 bits per heavy atom. The molecule has 2 aromatic carbocycles. The second-order valence-electron chi connectivity index (χ2n) is 7.51. The van der Waals surface area contributed by atoms with Crippen molar-refractivity contribution in [2.45, 2.75) is 48.9 Å². The number of amides is 1. The first kappa shape index (κ1) is 19.8. The van der Waals surface area contributed by atoms with E-state index in [4.69, 9.17) is 9.72 Å². The number of pyridine rings is 1. The summed E-state index contributed by atoms with van der Waals surface area (Å²) in [6, 6.07) is 18.7. The largest absolute Gasteiger partial charge is 0.497 e. The fourth-order valence-corrected chi connectivity index (χ4v) is 4.73. The fraction of sp³-hybridized carbons (Fsp3) is 0.333. The van der Waals surface area contributed by atoms with E-state index in [0.717, 1.165) is 45.6 Å². The summed E-state index contributed by atoms with van der Waals surface area (Å²) in [6.07, 6.45) is 4.60. The van der Waals surface area contributed by atoms with Gasteiger partial charge >= 0.3 is 0 Å². The lowest BCUT2D eigenvalue weighted by Gasteiger charge is -2.17. The van der Waals surface area contributed by atoms with Crippen molar-refractivity contribution in [3.05, 3.63) is 54.6 Å². The van der Waals surface area contributed by atoms with Crippen molar-refractivity contribution in [3.63, 3.8) is 0 Å². The van der Waals surface area contributed by atoms with E-state index in [2.05, 4.69) is 23.5 Å². The number of methoxy groups -OCH3 is 1. The molecule has 1 heterocycles. The Morgan fingerprint density at radius 1 is 1.14 bits per heavy atom. The van der Waals surface area contributed by atoms with Crippen LogP contribution < -0.4 is 10.1 Å². The molecule has 1 aliphatic carbocycles. The van der Waals surface area contributed by atoms with Gasteiger partial charge in [-0.05, 0) is 49.1 Å². The van der Waals surface area contributed by atoms with Crippen LogP contribution in [0, 0.1) is 0 Å². The highest BCUT2D eigenvalue weighted by atomic mass is 32.2. The van der Waals surface area contributed by atoms with Gasteiger partial charge in [-0.1, -0.05) is 54.9 Å². The molecule has 1 aliphatic rings. The lowest BCUT2D eigenvalue weighted by Crippen LogP contribution is -2.37. The number of thioether (sulfide) groups is 1. The number of carbonyl (C=O) groups excluding carboxylic acids is 1. The number of rotatable bonds is 6. The molecule has 0 bridgehead atoms. The van der Waals surface area contributed by atoms with E-state index in [1.807, 2.05) is 43.3 Å². The number of carbonyl (C=O) groups is 1. The molecule has 150 valence electrons. The van der Waals surface area contributed by atoms with E-state index in [0.29, 0.717) is 6.04 Å². The van der Waals surface area contributed by atoms with Gasteiger partial charge in [-0.25, -0.2) is 4.98 Å². The molecule has 5 heteroatoms. The van der Waals surface area contributed by atoms with Crippen LogP contribution >= 0.6 is 11.8 Å². The van der Waals surface area contributed by atoms with E-state index in [9.17, 15) is 4.79 Å². The third kappa shape index (κ3) is 4.56. The fourth-order valence-electron chi connectivity index (χ4n) is 3.85. The highest BCUT2D eigenvalue weighted by Crippen LogP contribution is 2.34. The lowest BCUT2D eigenvalue weighted by atomic mass is 10.0. The normalized spacial score (nSPS) is 15.4. The van der Waals surface area contributed by atoms with Gasteiger partial charge in [-0.3, -0.25) is 4.79 Å². The molecule has 1 saturated carbocycles. The Bertz CT molecular complexity index is 1000. The summed E-state index contributed by atoms with van der Waals surface area (Å²) in [4.78, 5) is 17.5. The molecule has 4 nitrogen and oxygen atoms in total. The number of hydrogen-bond donors (Lipinski definition) is 1. The zero-order valence-electron chi connectivity index (χ0n) is 16.9. The van der Waals surface area contributed by atoms with Gasteiger partial charge in [0.05, 0.1) is 22.9 Å². The maximum Gasteiger partial charge on any atom is 0.233 e. The van der Waals surface area contributed by atoms with Crippen LogP contribution in [0.5, 0.6) is 5.75 Å². The van der Waals surface area contributed by atoms with Crippen molar-refractivity contribution in [1.29, 1.82) is 0 Å². The highest BCUT2D eigenvalue weighted by Gasteiger charge is 2.22. The van der Waals surface area contributed by atoms with Crippen LogP contribution in [0.15, 0.2) is 59.6 Å². The number of fused-ring (bicyclic) bond motifs is 1. The van der Waals surface area contributed by atoms with E-state index in [1.54, 1.807) is 7.11 Å². The summed E-state index contributed by atoms with van der Waals surface area (Å²) in [7, 11) is 1.66. The van der Waals surface area contributed by atoms with Crippen LogP contribution in [-0.2, 0) is 4.79 Å². The summed E-state index contributed by atoms with van der Waals surface area (Å²) in [5, 5.41) is 4.91. The Labute approximate surface area is 176 Å². The summed E-state index contributed by atoms with van der Waals surface area (Å²) >= 11 is 1.51. The second kappa shape index (κ2) is 8.87. The minimum absolute atomic E-state index is 0.0932. The molecule has 1 N–H and O–H groups in total. The van der Waals surface area contributed by atoms with Crippen LogP contribution in [0.1, 0.15) is 32.6 Å². The molecule has 29 heavy (non-hydrogen) atoms. The SMILES string of the molecule is COc1ccc2c(-c3ccccc3)cc(S[C@H](C)C(=O)NC3CCCC3)nc2c1. The highest BCUT2D eigenvalue weighted by molar-refractivity contribution is 8.00. The molecular weight excluding hydrogens is 380 g/mol. The van der Waals surface area contributed by atoms with E-state index >= 15 is 0 Å². The molecule has 0 spiro atoms. The molecule has 1 atom stereocenters. The quantitative estimate of drug-likeness (QED) is 0.553. The van der Waals surface area contributed by atoms with E-state index < -0.39 is 0 Å². The van der Waals surface area contributed by atoms with Gasteiger partial charge in [-0.15, -0.1) is 0 Å². The number of ether oxygens (including phenoxy) is 1. The first-order valence-electron chi connectivity index (χ1n) is 10.2. The maximum atomic E-state index is 12.6. The number of hydrogen-bond acceptors (Lipinski definition) is 4. The summed E-state index contributed by atoms with van der Waals surface area (Å²) in [5.74, 6) is 0.869. The van der Waals surface area contributed by atoms with Gasteiger partial charge in [0, 0.05) is 17.5 Å². The molecule has 0 unspecified atom stereocenters. The molecular formula is C24H26N2O2S. The topological polar surface area (TPSA) is 51.2 Å². The van der Waals surface area contributed by atoms with Crippen molar-refractivity contribution in [3.8, 4) is 16.9 Å². The summed E-state index contributed by atoms with van der Waals surface area (Å²) < 4.78 is 5.39. The predicted molar refractivity (Wildman–Crippen MR) is 119 cm³/mol. The van der Waals surface area contributed by atoms with Crippen LogP contribution in [-0.4, -0.2) is 29.3 Å². The molecule has 0 aliphatic heterocycles. The molecule has 1 aromatic heterocycles. The van der Waals surface area contributed by atoms with Gasteiger partial charge in [-0.2, -0.15) is 0 Å². The Morgan fingerprint density at radius 3 is 2.62 bits per heavy atom. The first-order chi connectivity index (χ1) is 14.1. The van der Waals surface area contributed by atoms with Crippen LogP contribution in [0.25, 0.3) is 22.0 Å². The summed E-state index contributed by atoms with van der Waals surface area (Å²) in [6.45, 7) is 1.95. The average Bonchev–Trinajstić information content (AvgIpc) is 3.26. The number of benzene rings is 2. The lowest BCUT2D eigenvalue weighted by molar-refractivity contribution is -0.120. The Balaban J connectivity index is 1.65. The molecule has 1 amide bonds. The van der Waals surface area contributed by atoms with Crippen LogP contribution in [0.3, 0.4) is 0 Å². The zero-order valence-corrected chi connectivity index (χ0v) is 17.7. The molecule has 0 radical (unpaired) electrons. The number of nitrogens with one attached hydrogen (secondary N) is 1. The Hall–Kier alpha value is -2.53. The van der Waals surface area contributed by atoms with Crippen molar-refractivity contribution >= 4 is 28.6 Å². The third-order valence-corrected chi connectivity index (χ3v) is 6.46. The molecule has 1 fully saturated rings. The zero-order chi connectivity index (χ0) is 20.2. The van der Waals surface area contributed by atoms with Gasteiger partial charge < -0.3 is 10.1 Å². The smallest absolute Gasteiger partial charge is 0.233 e. The Kier molecular flexibility index (Phi) is 6.05. The minimum Gasteiger partial charge on any atom is -0.497 e. The van der Waals surface area contributed by atoms with Crippen molar-refractivity contribution < 1.29 is 9.53 Å². The van der Waals surface area contributed by atoms with Gasteiger partial charge in [0.1, 0.15) is 5.75 Å². The molecule has 3 aromatic rings. The van der Waals surface area contributed by atoms with E-state index in [-0.39, 0.29) is 11.2 Å². The third-order valence-electron chi connectivity index (χ3n) is 5.45. The monoisotopic (exact) mass is 406 g/mol. The molecule has 0 saturated heterocycles. The van der Waals surface area contributed by atoms with Crippen molar-refractivity contribution in [2.24, 2.45) is 0 Å². The number of aromatic nitrogens is 1. The standard InChI is InChI=1S/C24H26N2O2S/c1-16(24(27)25-18-10-6-7-11-18)29-23-15-21(17-8-4-3-5-9-17)20-13-12-19(28-2)14-22(20)26-23/h3-5,8-9,12-16,18H,6-7,10-11H2,1-2H3,(H,25,27)/t16-/m1/s1. The number of nitrogens with zero attached hydrogens (tertiary/aromatic N) is 1. The molecule has 4 rings (SSSR count). The average molecular weight is 407 g/mol. The maximum absolute atomic E-state index is 12.6. The van der Waals surface area contributed by atoms with Crippen LogP contribution in [0.4, 0.5) is 0 Å². The minimum atomic E-state index is -0.199.